The Morgan fingerprint density at radius 3 is 2.78 bits per heavy atom. The Balaban J connectivity index is 1.39. The molecular formula is C21H27N3O2S. The van der Waals surface area contributed by atoms with Crippen molar-refractivity contribution in [2.75, 3.05) is 19.6 Å². The summed E-state index contributed by atoms with van der Waals surface area (Å²) < 4.78 is 1.44. The number of rotatable bonds is 5. The van der Waals surface area contributed by atoms with E-state index in [1.54, 1.807) is 23.5 Å². The summed E-state index contributed by atoms with van der Waals surface area (Å²) in [6, 6.07) is 7.28. The Morgan fingerprint density at radius 2 is 2.07 bits per heavy atom. The molecule has 0 bridgehead atoms. The van der Waals surface area contributed by atoms with Crippen molar-refractivity contribution in [3.63, 3.8) is 0 Å². The summed E-state index contributed by atoms with van der Waals surface area (Å²) >= 11 is 1.60. The van der Waals surface area contributed by atoms with Gasteiger partial charge in [-0.25, -0.2) is 4.68 Å². The first-order valence-corrected chi connectivity index (χ1v) is 10.7. The Kier molecular flexibility index (Phi) is 5.57. The lowest BCUT2D eigenvalue weighted by Gasteiger charge is -2.39. The number of thiophene rings is 1. The minimum atomic E-state index is -0.853. The zero-order valence-corrected chi connectivity index (χ0v) is 16.4. The maximum absolute atomic E-state index is 12.3. The molecule has 1 atom stereocenters. The van der Waals surface area contributed by atoms with Crippen LogP contribution < -0.4 is 5.56 Å². The van der Waals surface area contributed by atoms with E-state index in [1.165, 1.54) is 23.9 Å². The molecule has 6 heteroatoms. The first-order chi connectivity index (χ1) is 13.1. The van der Waals surface area contributed by atoms with Crippen molar-refractivity contribution in [2.24, 2.45) is 5.92 Å². The topological polar surface area (TPSA) is 58.4 Å². The van der Waals surface area contributed by atoms with Crippen LogP contribution >= 0.6 is 11.3 Å². The number of hydrogen-bond acceptors (Lipinski definition) is 5. The Labute approximate surface area is 164 Å². The average molecular weight is 386 g/mol. The van der Waals surface area contributed by atoms with Gasteiger partial charge in [-0.05, 0) is 55.5 Å². The number of aliphatic hydroxyl groups is 1. The van der Waals surface area contributed by atoms with Gasteiger partial charge >= 0.3 is 0 Å². The van der Waals surface area contributed by atoms with Crippen molar-refractivity contribution in [3.8, 4) is 10.6 Å². The molecule has 2 aromatic rings. The van der Waals surface area contributed by atoms with Crippen LogP contribution in [0, 0.1) is 5.92 Å². The summed E-state index contributed by atoms with van der Waals surface area (Å²) in [5.74, 6) is 0.743. The van der Waals surface area contributed by atoms with Gasteiger partial charge in [0.25, 0.3) is 5.56 Å². The minimum absolute atomic E-state index is 0.153. The van der Waals surface area contributed by atoms with E-state index in [2.05, 4.69) is 22.2 Å². The standard InChI is InChI=1S/C21H27N3O2S/c25-20-9-8-18(19-7-4-14-27-19)22-24(20)16-21(26)10-12-23(13-11-21)15-17-5-2-1-3-6-17/h1-2,4,7-9,14,17,26H,3,5-6,10-13,15-16H2. The van der Waals surface area contributed by atoms with Crippen LogP contribution in [0.25, 0.3) is 10.6 Å². The maximum Gasteiger partial charge on any atom is 0.266 e. The maximum atomic E-state index is 12.3. The third kappa shape index (κ3) is 4.57. The van der Waals surface area contributed by atoms with E-state index in [1.807, 2.05) is 17.5 Å². The molecule has 2 aromatic heterocycles. The molecule has 1 unspecified atom stereocenters. The predicted molar refractivity (Wildman–Crippen MR) is 109 cm³/mol. The van der Waals surface area contributed by atoms with Crippen molar-refractivity contribution in [1.29, 1.82) is 0 Å². The summed E-state index contributed by atoms with van der Waals surface area (Å²) in [6.45, 7) is 3.16. The lowest BCUT2D eigenvalue weighted by molar-refractivity contribution is -0.0399. The third-order valence-electron chi connectivity index (χ3n) is 5.77. The monoisotopic (exact) mass is 385 g/mol. The summed E-state index contributed by atoms with van der Waals surface area (Å²) in [4.78, 5) is 15.8. The molecule has 0 aromatic carbocycles. The lowest BCUT2D eigenvalue weighted by Crippen LogP contribution is -2.49. The van der Waals surface area contributed by atoms with Gasteiger partial charge < -0.3 is 10.0 Å². The SMILES string of the molecule is O=c1ccc(-c2cccs2)nn1CC1(O)CCN(CC2CC=CCC2)CC1. The summed E-state index contributed by atoms with van der Waals surface area (Å²) in [5.41, 5.74) is -0.218. The smallest absolute Gasteiger partial charge is 0.266 e. The molecule has 0 amide bonds. The molecule has 0 radical (unpaired) electrons. The van der Waals surface area contributed by atoms with Crippen LogP contribution in [0.5, 0.6) is 0 Å². The summed E-state index contributed by atoms with van der Waals surface area (Å²) in [6.07, 6.45) is 9.59. The van der Waals surface area contributed by atoms with Crippen molar-refractivity contribution in [2.45, 2.75) is 44.2 Å². The molecule has 2 aliphatic rings. The quantitative estimate of drug-likeness (QED) is 0.804. The van der Waals surface area contributed by atoms with Crippen LogP contribution in [0.2, 0.25) is 0 Å². The predicted octanol–water partition coefficient (Wildman–Crippen LogP) is 3.16. The van der Waals surface area contributed by atoms with Gasteiger partial charge in [0.1, 0.15) is 5.69 Å². The number of nitrogens with zero attached hydrogens (tertiary/aromatic N) is 3. The van der Waals surface area contributed by atoms with Crippen molar-refractivity contribution < 1.29 is 5.11 Å². The van der Waals surface area contributed by atoms with E-state index in [0.29, 0.717) is 12.8 Å². The zero-order chi connectivity index (χ0) is 18.7. The fraction of sp³-hybridized carbons (Fsp3) is 0.524. The van der Waals surface area contributed by atoms with Gasteiger partial charge in [0.2, 0.25) is 0 Å². The molecule has 1 aliphatic carbocycles. The molecule has 1 fully saturated rings. The van der Waals surface area contributed by atoms with Gasteiger partial charge in [-0.1, -0.05) is 18.2 Å². The zero-order valence-electron chi connectivity index (χ0n) is 15.6. The Hall–Kier alpha value is -1.76. The van der Waals surface area contributed by atoms with E-state index in [9.17, 15) is 9.90 Å². The number of aromatic nitrogens is 2. The highest BCUT2D eigenvalue weighted by Gasteiger charge is 2.34. The highest BCUT2D eigenvalue weighted by molar-refractivity contribution is 7.13. The second-order valence-electron chi connectivity index (χ2n) is 7.87. The first kappa shape index (κ1) is 18.6. The van der Waals surface area contributed by atoms with Crippen LogP contribution in [-0.4, -0.2) is 45.0 Å². The van der Waals surface area contributed by atoms with Crippen molar-refractivity contribution in [1.82, 2.24) is 14.7 Å². The molecule has 1 N–H and O–H groups in total. The van der Waals surface area contributed by atoms with E-state index in [-0.39, 0.29) is 12.1 Å². The fourth-order valence-corrected chi connectivity index (χ4v) is 4.78. The van der Waals surface area contributed by atoms with Crippen molar-refractivity contribution in [3.05, 3.63) is 52.2 Å². The van der Waals surface area contributed by atoms with Crippen LogP contribution in [-0.2, 0) is 6.54 Å². The Morgan fingerprint density at radius 1 is 1.22 bits per heavy atom. The van der Waals surface area contributed by atoms with E-state index >= 15 is 0 Å². The largest absolute Gasteiger partial charge is 0.388 e. The highest BCUT2D eigenvalue weighted by atomic mass is 32.1. The van der Waals surface area contributed by atoms with Crippen LogP contribution in [0.1, 0.15) is 32.1 Å². The normalized spacial score (nSPS) is 22.8. The second-order valence-corrected chi connectivity index (χ2v) is 8.81. The average Bonchev–Trinajstić information content (AvgIpc) is 3.21. The van der Waals surface area contributed by atoms with Gasteiger partial charge in [-0.3, -0.25) is 4.79 Å². The van der Waals surface area contributed by atoms with Crippen LogP contribution in [0.4, 0.5) is 0 Å². The molecule has 0 saturated carbocycles. The fourth-order valence-electron chi connectivity index (χ4n) is 4.09. The summed E-state index contributed by atoms with van der Waals surface area (Å²) in [7, 11) is 0. The molecule has 0 spiro atoms. The van der Waals surface area contributed by atoms with Gasteiger partial charge in [0.05, 0.1) is 17.0 Å². The Bertz CT molecular complexity index is 835. The molecule has 1 aliphatic heterocycles. The molecule has 27 heavy (non-hydrogen) atoms. The molecule has 5 nitrogen and oxygen atoms in total. The number of allylic oxidation sites excluding steroid dienone is 2. The number of hydrogen-bond donors (Lipinski definition) is 1. The number of likely N-dealkylation sites (tertiary alicyclic amines) is 1. The third-order valence-corrected chi connectivity index (χ3v) is 6.66. The van der Waals surface area contributed by atoms with E-state index in [0.717, 1.165) is 36.1 Å². The van der Waals surface area contributed by atoms with E-state index in [4.69, 9.17) is 0 Å². The number of piperidine rings is 1. The van der Waals surface area contributed by atoms with Crippen LogP contribution in [0.15, 0.2) is 46.6 Å². The van der Waals surface area contributed by atoms with Gasteiger partial charge in [-0.2, -0.15) is 5.10 Å². The molecule has 4 rings (SSSR count). The lowest BCUT2D eigenvalue weighted by atomic mass is 9.89. The molecule has 3 heterocycles. The molecule has 1 saturated heterocycles. The minimum Gasteiger partial charge on any atom is -0.388 e. The highest BCUT2D eigenvalue weighted by Crippen LogP contribution is 2.27. The molecular weight excluding hydrogens is 358 g/mol. The summed E-state index contributed by atoms with van der Waals surface area (Å²) in [5, 5.41) is 17.6. The van der Waals surface area contributed by atoms with Crippen molar-refractivity contribution >= 4 is 11.3 Å². The van der Waals surface area contributed by atoms with Gasteiger partial charge in [0.15, 0.2) is 0 Å². The molecule has 144 valence electrons. The van der Waals surface area contributed by atoms with E-state index < -0.39 is 5.60 Å². The first-order valence-electron chi connectivity index (χ1n) is 9.83. The van der Waals surface area contributed by atoms with Gasteiger partial charge in [-0.15, -0.1) is 11.3 Å². The van der Waals surface area contributed by atoms with Gasteiger partial charge in [0, 0.05) is 25.7 Å². The second kappa shape index (κ2) is 8.09. The van der Waals surface area contributed by atoms with Crippen LogP contribution in [0.3, 0.4) is 0 Å².